The van der Waals surface area contributed by atoms with Crippen molar-refractivity contribution in [3.05, 3.63) is 89.5 Å². The molecule has 6 N–H and O–H groups in total. The second kappa shape index (κ2) is 29.7. The molecule has 2 fully saturated rings. The number of hydrogen-bond donors (Lipinski definition) is 6. The molecule has 89 heavy (non-hydrogen) atoms. The van der Waals surface area contributed by atoms with Crippen LogP contribution in [0.5, 0.6) is 5.75 Å². The minimum atomic E-state index is -1.45. The molecule has 490 valence electrons. The molecule has 3 aromatic rings. The molecule has 7 amide bonds. The molecule has 0 spiro atoms. The van der Waals surface area contributed by atoms with Gasteiger partial charge < -0.3 is 69.9 Å². The lowest BCUT2D eigenvalue weighted by molar-refractivity contribution is -0.152. The predicted octanol–water partition coefficient (Wildman–Crippen LogP) is 6.97. The molecule has 2 aliphatic heterocycles. The van der Waals surface area contributed by atoms with E-state index >= 15 is 9.59 Å². The number of benzene rings is 3. The number of rotatable bonds is 25. The molecule has 1 aliphatic carbocycles. The van der Waals surface area contributed by atoms with Crippen molar-refractivity contribution in [2.45, 2.75) is 225 Å². The molecule has 3 aliphatic rings. The molecule has 8 atom stereocenters. The highest BCUT2D eigenvalue weighted by molar-refractivity contribution is 5.98. The quantitative estimate of drug-likeness (QED) is 0.0500. The number of carbonyl (C=O) groups excluding carboxylic acids is 7. The molecular formula is C67H97N7O15. The molecule has 0 saturated carbocycles. The molecule has 22 nitrogen and oxygen atoms in total. The Morgan fingerprint density at radius 3 is 1.46 bits per heavy atom. The number of likely N-dealkylation sites (tertiary alicyclic amines) is 2. The molecule has 0 aromatic heterocycles. The summed E-state index contributed by atoms with van der Waals surface area (Å²) in [4.78, 5) is 117. The summed E-state index contributed by atoms with van der Waals surface area (Å²) in [5.41, 5.74) is 0.981. The van der Waals surface area contributed by atoms with E-state index in [2.05, 4.69) is 26.6 Å². The summed E-state index contributed by atoms with van der Waals surface area (Å²) in [7, 11) is 0. The fourth-order valence-corrected chi connectivity index (χ4v) is 10.9. The van der Waals surface area contributed by atoms with Crippen LogP contribution in [0.25, 0.3) is 11.1 Å². The molecule has 22 heteroatoms. The molecule has 3 aromatic carbocycles. The van der Waals surface area contributed by atoms with Gasteiger partial charge in [-0.05, 0) is 176 Å². The Kier molecular flexibility index (Phi) is 23.6. The lowest BCUT2D eigenvalue weighted by Gasteiger charge is -2.35. The minimum absolute atomic E-state index is 0.0341. The van der Waals surface area contributed by atoms with Crippen molar-refractivity contribution in [2.75, 3.05) is 39.5 Å². The number of aliphatic carboxylic acids is 1. The molecule has 0 unspecified atom stereocenters. The number of nitrogens with zero attached hydrogens (tertiary/aromatic N) is 2. The van der Waals surface area contributed by atoms with Gasteiger partial charge in [-0.2, -0.15) is 0 Å². The normalized spacial score (nSPS) is 18.3. The average Bonchev–Trinajstić information content (AvgIpc) is 1.68. The van der Waals surface area contributed by atoms with Gasteiger partial charge in [0.15, 0.2) is 0 Å². The number of hydrogen-bond acceptors (Lipinski definition) is 14. The molecule has 2 saturated heterocycles. The summed E-state index contributed by atoms with van der Waals surface area (Å²) in [6.07, 6.45) is -0.810. The Labute approximate surface area is 524 Å². The van der Waals surface area contributed by atoms with E-state index in [-0.39, 0.29) is 64.7 Å². The third kappa shape index (κ3) is 21.2. The second-order valence-electron chi connectivity index (χ2n) is 28.2. The monoisotopic (exact) mass is 1240 g/mol. The van der Waals surface area contributed by atoms with Crippen molar-refractivity contribution in [3.63, 3.8) is 0 Å². The van der Waals surface area contributed by atoms with Crippen LogP contribution in [-0.2, 0) is 63.7 Å². The van der Waals surface area contributed by atoms with Crippen LogP contribution < -0.4 is 31.3 Å². The number of carboxylic acids is 1. The van der Waals surface area contributed by atoms with Crippen LogP contribution in [0.4, 0.5) is 4.79 Å². The number of fused-ring (bicyclic) bond motifs is 3. The summed E-state index contributed by atoms with van der Waals surface area (Å²) in [6.45, 7) is 27.9. The van der Waals surface area contributed by atoms with E-state index in [1.807, 2.05) is 69.3 Å². The van der Waals surface area contributed by atoms with Crippen LogP contribution in [0.1, 0.15) is 159 Å². The molecule has 0 bridgehead atoms. The summed E-state index contributed by atoms with van der Waals surface area (Å²) in [5, 5.41) is 23.9. The third-order valence-corrected chi connectivity index (χ3v) is 14.9. The number of carboxylic acid groups (broad SMARTS) is 1. The van der Waals surface area contributed by atoms with Crippen LogP contribution in [-0.4, -0.2) is 178 Å². The summed E-state index contributed by atoms with van der Waals surface area (Å²) >= 11 is 0. The highest BCUT2D eigenvalue weighted by atomic mass is 16.6. The highest BCUT2D eigenvalue weighted by Gasteiger charge is 2.44. The van der Waals surface area contributed by atoms with E-state index in [1.54, 1.807) is 114 Å². The van der Waals surface area contributed by atoms with Crippen molar-refractivity contribution in [1.29, 1.82) is 0 Å². The lowest BCUT2D eigenvalue weighted by Crippen LogP contribution is -2.63. The van der Waals surface area contributed by atoms with Crippen LogP contribution in [0, 0.1) is 0 Å². The number of ether oxygens (including phenoxy) is 6. The zero-order valence-corrected chi connectivity index (χ0v) is 55.0. The Balaban J connectivity index is 1.26. The third-order valence-electron chi connectivity index (χ3n) is 14.9. The average molecular weight is 1240 g/mol. The van der Waals surface area contributed by atoms with Crippen molar-refractivity contribution < 1.29 is 71.9 Å². The van der Waals surface area contributed by atoms with Crippen LogP contribution >= 0.6 is 0 Å². The Morgan fingerprint density at radius 2 is 0.978 bits per heavy atom. The van der Waals surface area contributed by atoms with Gasteiger partial charge in [0.05, 0.1) is 48.3 Å². The summed E-state index contributed by atoms with van der Waals surface area (Å²) in [6, 6.07) is 13.5. The van der Waals surface area contributed by atoms with E-state index in [0.717, 1.165) is 22.3 Å². The largest absolute Gasteiger partial charge is 0.488 e. The van der Waals surface area contributed by atoms with E-state index in [4.69, 9.17) is 28.4 Å². The van der Waals surface area contributed by atoms with E-state index in [9.17, 15) is 33.9 Å². The van der Waals surface area contributed by atoms with Crippen LogP contribution in [0.3, 0.4) is 0 Å². The zero-order valence-electron chi connectivity index (χ0n) is 55.0. The van der Waals surface area contributed by atoms with Crippen molar-refractivity contribution in [1.82, 2.24) is 36.4 Å². The minimum Gasteiger partial charge on any atom is -0.488 e. The summed E-state index contributed by atoms with van der Waals surface area (Å²) in [5.74, 6) is -5.36. The molecule has 2 heterocycles. The fourth-order valence-electron chi connectivity index (χ4n) is 10.9. The highest BCUT2D eigenvalue weighted by Crippen LogP contribution is 2.44. The van der Waals surface area contributed by atoms with Gasteiger partial charge in [-0.25, -0.2) is 9.59 Å². The molecule has 0 radical (unpaired) electrons. The van der Waals surface area contributed by atoms with E-state index in [0.29, 0.717) is 24.2 Å². The zero-order chi connectivity index (χ0) is 66.0. The Hall–Kier alpha value is -7.14. The number of amides is 7. The van der Waals surface area contributed by atoms with Gasteiger partial charge in [0, 0.05) is 25.4 Å². The first-order valence-corrected chi connectivity index (χ1v) is 30.9. The van der Waals surface area contributed by atoms with Crippen molar-refractivity contribution >= 4 is 47.5 Å². The predicted molar refractivity (Wildman–Crippen MR) is 335 cm³/mol. The first-order chi connectivity index (χ1) is 41.4. The summed E-state index contributed by atoms with van der Waals surface area (Å²) < 4.78 is 36.4. The number of alkyl carbamates (subject to hydrolysis) is 1. The van der Waals surface area contributed by atoms with Gasteiger partial charge in [-0.3, -0.25) is 28.8 Å². The maximum Gasteiger partial charge on any atom is 0.407 e. The SMILES string of the molecule is C[C@@H](OC(C)(C)C)[C@H](NC(=O)[C@@H]1CCCN1C(=O)[C@H](COC(C)(C)C)NC(=O)[C@H](Cc1ccc(OC(C)(C)C)cc1)NC(=O)[C@H](COC(C)(C)C)NC(=O)OCC1c2ccccc2-c2ccccc21)C(=O)N[C@@H](COC(C)(C)C)C(=O)N1CCC[C@H]1C(=O)O. The Bertz CT molecular complexity index is 2930. The number of carbonyl (C=O) groups is 8. The molecule has 6 rings (SSSR count). The van der Waals surface area contributed by atoms with Crippen LogP contribution in [0.2, 0.25) is 0 Å². The lowest BCUT2D eigenvalue weighted by atomic mass is 9.98. The standard InChI is InChI=1S/C67H97N7O15/c1-40(88-66(11,12)13)54(58(78)70-51(39-87-65(8,9)10)60(80)74-34-22-28-53(74)61(81)82)72-57(77)52-27-21-33-73(52)59(79)50(38-86-64(5,6)7)69-55(75)48(35-41-29-31-42(32-30-41)89-67(14,15)16)68-56(76)49(37-85-63(2,3)4)71-62(83)84-36-47-45-25-19-17-23-43(45)44-24-18-20-26-46(44)47/h17-20,23-26,29-32,40,47-54H,21-22,27-28,33-39H2,1-16H3,(H,68,76)(H,69,75)(H,70,78)(H,71,83)(H,72,77)(H,81,82)/t40-,48+,49+,50+,51+,52+,53+,54+/m1/s1. The van der Waals surface area contributed by atoms with E-state index < -0.39 is 124 Å². The number of nitrogens with one attached hydrogen (secondary N) is 5. The van der Waals surface area contributed by atoms with Gasteiger partial charge in [0.25, 0.3) is 0 Å². The Morgan fingerprint density at radius 1 is 0.528 bits per heavy atom. The topological polar surface area (TPSA) is 279 Å². The first kappa shape index (κ1) is 70.9. The second-order valence-corrected chi connectivity index (χ2v) is 28.2. The van der Waals surface area contributed by atoms with Gasteiger partial charge in [-0.15, -0.1) is 0 Å². The van der Waals surface area contributed by atoms with Crippen molar-refractivity contribution in [2.24, 2.45) is 0 Å². The van der Waals surface area contributed by atoms with Gasteiger partial charge in [0.1, 0.15) is 60.3 Å². The fraction of sp³-hybridized carbons (Fsp3) is 0.612. The maximum absolute atomic E-state index is 15.2. The first-order valence-electron chi connectivity index (χ1n) is 30.9. The van der Waals surface area contributed by atoms with Gasteiger partial charge in [0.2, 0.25) is 35.4 Å². The van der Waals surface area contributed by atoms with E-state index in [1.165, 1.54) is 9.80 Å². The molecular weight excluding hydrogens is 1140 g/mol. The smallest absolute Gasteiger partial charge is 0.407 e. The maximum atomic E-state index is 15.2. The van der Waals surface area contributed by atoms with Crippen LogP contribution in [0.15, 0.2) is 72.8 Å². The van der Waals surface area contributed by atoms with Gasteiger partial charge in [-0.1, -0.05) is 60.7 Å². The van der Waals surface area contributed by atoms with Gasteiger partial charge >= 0.3 is 12.1 Å². The van der Waals surface area contributed by atoms with Crippen molar-refractivity contribution in [3.8, 4) is 16.9 Å².